The second kappa shape index (κ2) is 4.86. The predicted molar refractivity (Wildman–Crippen MR) is 63.6 cm³/mol. The number of benzene rings is 1. The van der Waals surface area contributed by atoms with Crippen molar-refractivity contribution < 1.29 is 13.2 Å². The molecular formula is C12H8ClF3N2. The molecule has 1 heterocycles. The van der Waals surface area contributed by atoms with Gasteiger partial charge in [-0.05, 0) is 24.6 Å². The van der Waals surface area contributed by atoms with E-state index in [0.717, 1.165) is 18.2 Å². The van der Waals surface area contributed by atoms with Gasteiger partial charge in [-0.15, -0.1) is 0 Å². The smallest absolute Gasteiger partial charge is 0.167 e. The third-order valence-electron chi connectivity index (χ3n) is 2.31. The fourth-order valence-corrected chi connectivity index (χ4v) is 1.52. The van der Waals surface area contributed by atoms with Crippen LogP contribution in [0, 0.1) is 24.4 Å². The molecule has 2 nitrogen and oxygen atoms in total. The minimum Gasteiger partial charge on any atom is -0.335 e. The zero-order chi connectivity index (χ0) is 13.3. The summed E-state index contributed by atoms with van der Waals surface area (Å²) in [5.41, 5.74) is -0.0191. The number of pyridine rings is 1. The Balaban J connectivity index is 2.37. The molecule has 0 amide bonds. The van der Waals surface area contributed by atoms with Gasteiger partial charge in [-0.1, -0.05) is 11.6 Å². The van der Waals surface area contributed by atoms with Crippen molar-refractivity contribution >= 4 is 23.1 Å². The molecule has 6 heteroatoms. The molecule has 0 saturated carbocycles. The van der Waals surface area contributed by atoms with Crippen LogP contribution >= 0.6 is 11.6 Å². The van der Waals surface area contributed by atoms with E-state index in [2.05, 4.69) is 10.3 Å². The lowest BCUT2D eigenvalue weighted by Gasteiger charge is -2.09. The SMILES string of the molecule is Cc1cc(F)c(Nc2ncc(Cl)cc2F)cc1F. The lowest BCUT2D eigenvalue weighted by molar-refractivity contribution is 0.594. The highest BCUT2D eigenvalue weighted by molar-refractivity contribution is 6.30. The molecule has 2 aromatic rings. The average Bonchev–Trinajstić information content (AvgIpc) is 2.29. The highest BCUT2D eigenvalue weighted by Gasteiger charge is 2.11. The van der Waals surface area contributed by atoms with E-state index in [1.807, 2.05) is 0 Å². The van der Waals surface area contributed by atoms with Crippen LogP contribution in [0.2, 0.25) is 5.02 Å². The summed E-state index contributed by atoms with van der Waals surface area (Å²) < 4.78 is 40.2. The van der Waals surface area contributed by atoms with Crippen molar-refractivity contribution in [3.63, 3.8) is 0 Å². The number of halogens is 4. The molecule has 18 heavy (non-hydrogen) atoms. The summed E-state index contributed by atoms with van der Waals surface area (Å²) in [6, 6.07) is 2.99. The Kier molecular flexibility index (Phi) is 3.43. The van der Waals surface area contributed by atoms with E-state index >= 15 is 0 Å². The van der Waals surface area contributed by atoms with Gasteiger partial charge in [0.2, 0.25) is 0 Å². The molecule has 1 aromatic heterocycles. The van der Waals surface area contributed by atoms with Gasteiger partial charge < -0.3 is 5.32 Å². The first-order chi connectivity index (χ1) is 8.47. The molecular weight excluding hydrogens is 265 g/mol. The molecule has 0 fully saturated rings. The van der Waals surface area contributed by atoms with Crippen molar-refractivity contribution in [3.8, 4) is 0 Å². The molecule has 1 aromatic carbocycles. The fraction of sp³-hybridized carbons (Fsp3) is 0.0833. The molecule has 0 aliphatic heterocycles. The zero-order valence-electron chi connectivity index (χ0n) is 9.27. The van der Waals surface area contributed by atoms with E-state index in [-0.39, 0.29) is 22.1 Å². The Morgan fingerprint density at radius 2 is 1.78 bits per heavy atom. The van der Waals surface area contributed by atoms with Crippen LogP contribution in [-0.4, -0.2) is 4.98 Å². The zero-order valence-corrected chi connectivity index (χ0v) is 10.0. The van der Waals surface area contributed by atoms with Crippen molar-refractivity contribution in [2.45, 2.75) is 6.92 Å². The Labute approximate surface area is 106 Å². The Bertz CT molecular complexity index is 602. The van der Waals surface area contributed by atoms with Crippen molar-refractivity contribution in [2.75, 3.05) is 5.32 Å². The summed E-state index contributed by atoms with van der Waals surface area (Å²) in [5, 5.41) is 2.50. The summed E-state index contributed by atoms with van der Waals surface area (Å²) in [6.07, 6.45) is 1.20. The normalized spacial score (nSPS) is 10.5. The second-order valence-corrected chi connectivity index (χ2v) is 4.13. The number of anilines is 2. The fourth-order valence-electron chi connectivity index (χ4n) is 1.38. The first-order valence-electron chi connectivity index (χ1n) is 5.01. The van der Waals surface area contributed by atoms with Crippen LogP contribution in [0.25, 0.3) is 0 Å². The molecule has 0 bridgehead atoms. The number of rotatable bonds is 2. The van der Waals surface area contributed by atoms with E-state index in [4.69, 9.17) is 11.6 Å². The molecule has 94 valence electrons. The topological polar surface area (TPSA) is 24.9 Å². The van der Waals surface area contributed by atoms with Gasteiger partial charge in [-0.25, -0.2) is 18.2 Å². The van der Waals surface area contributed by atoms with Gasteiger partial charge in [0.1, 0.15) is 11.6 Å². The summed E-state index contributed by atoms with van der Waals surface area (Å²) in [6.45, 7) is 1.43. The minimum atomic E-state index is -0.747. The molecule has 0 unspecified atom stereocenters. The summed E-state index contributed by atoms with van der Waals surface area (Å²) in [4.78, 5) is 3.66. The van der Waals surface area contributed by atoms with Gasteiger partial charge in [0, 0.05) is 12.3 Å². The molecule has 0 atom stereocenters. The average molecular weight is 273 g/mol. The van der Waals surface area contributed by atoms with Gasteiger partial charge >= 0.3 is 0 Å². The monoisotopic (exact) mass is 272 g/mol. The van der Waals surface area contributed by atoms with E-state index in [0.29, 0.717) is 0 Å². The maximum absolute atomic E-state index is 13.5. The van der Waals surface area contributed by atoms with Crippen molar-refractivity contribution in [1.82, 2.24) is 4.98 Å². The summed E-state index contributed by atoms with van der Waals surface area (Å²) >= 11 is 5.53. The number of aryl methyl sites for hydroxylation is 1. The van der Waals surface area contributed by atoms with Gasteiger partial charge in [0.05, 0.1) is 10.7 Å². The number of nitrogens with one attached hydrogen (secondary N) is 1. The minimum absolute atomic E-state index is 0.119. The third-order valence-corrected chi connectivity index (χ3v) is 2.52. The largest absolute Gasteiger partial charge is 0.335 e. The highest BCUT2D eigenvalue weighted by Crippen LogP contribution is 2.24. The van der Waals surface area contributed by atoms with Gasteiger partial charge in [-0.2, -0.15) is 0 Å². The number of nitrogens with zero attached hydrogens (tertiary/aromatic N) is 1. The first kappa shape index (κ1) is 12.7. The standard InChI is InChI=1S/C12H8ClF3N2/c1-6-2-9(15)11(4-8(6)14)18-12-10(16)3-7(13)5-17-12/h2-5H,1H3,(H,17,18). The molecule has 0 radical (unpaired) electrons. The molecule has 0 spiro atoms. The molecule has 0 aliphatic carbocycles. The van der Waals surface area contributed by atoms with E-state index in [9.17, 15) is 13.2 Å². The van der Waals surface area contributed by atoms with E-state index < -0.39 is 17.5 Å². The number of hydrogen-bond acceptors (Lipinski definition) is 2. The van der Waals surface area contributed by atoms with Crippen molar-refractivity contribution in [1.29, 1.82) is 0 Å². The Morgan fingerprint density at radius 1 is 1.06 bits per heavy atom. The maximum atomic E-state index is 13.5. The van der Waals surface area contributed by atoms with Crippen LogP contribution in [0.5, 0.6) is 0 Å². The second-order valence-electron chi connectivity index (χ2n) is 3.69. The van der Waals surface area contributed by atoms with Crippen LogP contribution in [0.15, 0.2) is 24.4 Å². The number of aromatic nitrogens is 1. The van der Waals surface area contributed by atoms with Crippen LogP contribution < -0.4 is 5.32 Å². The van der Waals surface area contributed by atoms with Crippen molar-refractivity contribution in [3.05, 3.63) is 52.4 Å². The predicted octanol–water partition coefficient (Wildman–Crippen LogP) is 4.20. The van der Waals surface area contributed by atoms with Crippen molar-refractivity contribution in [2.24, 2.45) is 0 Å². The van der Waals surface area contributed by atoms with E-state index in [1.54, 1.807) is 0 Å². The Morgan fingerprint density at radius 3 is 2.44 bits per heavy atom. The summed E-state index contributed by atoms with van der Waals surface area (Å²) in [7, 11) is 0. The summed E-state index contributed by atoms with van der Waals surface area (Å²) in [5.74, 6) is -2.25. The third kappa shape index (κ3) is 2.56. The van der Waals surface area contributed by atoms with Gasteiger partial charge in [0.15, 0.2) is 11.6 Å². The van der Waals surface area contributed by atoms with Gasteiger partial charge in [0.25, 0.3) is 0 Å². The molecule has 0 aliphatic rings. The maximum Gasteiger partial charge on any atom is 0.167 e. The Hall–Kier alpha value is -1.75. The molecule has 0 saturated heterocycles. The van der Waals surface area contributed by atoms with E-state index in [1.165, 1.54) is 13.1 Å². The van der Waals surface area contributed by atoms with Gasteiger partial charge in [-0.3, -0.25) is 0 Å². The van der Waals surface area contributed by atoms with Crippen LogP contribution in [0.3, 0.4) is 0 Å². The highest BCUT2D eigenvalue weighted by atomic mass is 35.5. The molecule has 2 rings (SSSR count). The first-order valence-corrected chi connectivity index (χ1v) is 5.39. The van der Waals surface area contributed by atoms with Crippen LogP contribution in [-0.2, 0) is 0 Å². The lowest BCUT2D eigenvalue weighted by atomic mass is 10.2. The quantitative estimate of drug-likeness (QED) is 0.886. The lowest BCUT2D eigenvalue weighted by Crippen LogP contribution is -2.00. The van der Waals surface area contributed by atoms with Crippen LogP contribution in [0.4, 0.5) is 24.7 Å². The molecule has 1 N–H and O–H groups in total. The van der Waals surface area contributed by atoms with Crippen LogP contribution in [0.1, 0.15) is 5.56 Å². The number of hydrogen-bond donors (Lipinski definition) is 1.